The van der Waals surface area contributed by atoms with Crippen molar-refractivity contribution in [3.05, 3.63) is 82.6 Å². The number of anilines is 1. The molecule has 7 heteroatoms. The second-order valence-corrected chi connectivity index (χ2v) is 7.47. The van der Waals surface area contributed by atoms with Crippen LogP contribution in [0.15, 0.2) is 54.7 Å². The van der Waals surface area contributed by atoms with Gasteiger partial charge in [0, 0.05) is 26.1 Å². The van der Waals surface area contributed by atoms with E-state index in [0.717, 1.165) is 5.56 Å². The summed E-state index contributed by atoms with van der Waals surface area (Å²) in [6.45, 7) is 1.70. The van der Waals surface area contributed by atoms with Crippen molar-refractivity contribution in [3.63, 3.8) is 0 Å². The summed E-state index contributed by atoms with van der Waals surface area (Å²) in [6.07, 6.45) is 2.38. The normalized spacial score (nSPS) is 10.7. The molecule has 0 aliphatic heterocycles. The molecule has 0 radical (unpaired) electrons. The molecule has 2 aromatic carbocycles. The Balaban J connectivity index is 1.75. The smallest absolute Gasteiger partial charge is 0.226 e. The van der Waals surface area contributed by atoms with Crippen molar-refractivity contribution >= 4 is 29.0 Å². The van der Waals surface area contributed by atoms with Gasteiger partial charge in [-0.15, -0.1) is 0 Å². The van der Waals surface area contributed by atoms with Gasteiger partial charge in [-0.25, -0.2) is 13.8 Å². The van der Waals surface area contributed by atoms with Crippen molar-refractivity contribution in [2.75, 3.05) is 11.9 Å². The molecule has 0 unspecified atom stereocenters. The predicted molar refractivity (Wildman–Crippen MR) is 117 cm³/mol. The maximum Gasteiger partial charge on any atom is 0.226 e. The fourth-order valence-corrected chi connectivity index (χ4v) is 3.31. The Hall–Kier alpha value is -3.12. The van der Waals surface area contributed by atoms with Gasteiger partial charge >= 0.3 is 0 Å². The number of Topliss-reactive ketones (excluding diaryl/α,β-unsaturated/α-hetero) is 1. The molecule has 31 heavy (non-hydrogen) atoms. The highest BCUT2D eigenvalue weighted by Gasteiger charge is 2.16. The maximum absolute atomic E-state index is 14.6. The summed E-state index contributed by atoms with van der Waals surface area (Å²) in [5.41, 5.74) is 1.85. The summed E-state index contributed by atoms with van der Waals surface area (Å²) in [4.78, 5) is 29.4. The number of pyridine rings is 1. The third kappa shape index (κ3) is 5.33. The van der Waals surface area contributed by atoms with Crippen LogP contribution in [0.1, 0.15) is 35.7 Å². The fourth-order valence-electron chi connectivity index (χ4n) is 3.20. The van der Waals surface area contributed by atoms with Gasteiger partial charge in [0.15, 0.2) is 5.78 Å². The molecule has 1 aromatic heterocycles. The van der Waals surface area contributed by atoms with E-state index in [2.05, 4.69) is 4.98 Å². The number of rotatable bonds is 7. The molecule has 160 valence electrons. The van der Waals surface area contributed by atoms with Gasteiger partial charge in [0.05, 0.1) is 11.3 Å². The van der Waals surface area contributed by atoms with Crippen LogP contribution < -0.4 is 4.90 Å². The van der Waals surface area contributed by atoms with Crippen molar-refractivity contribution in [2.24, 2.45) is 0 Å². The molecule has 0 saturated heterocycles. The van der Waals surface area contributed by atoms with Gasteiger partial charge in [-0.3, -0.25) is 9.59 Å². The van der Waals surface area contributed by atoms with E-state index >= 15 is 0 Å². The third-order valence-electron chi connectivity index (χ3n) is 5.02. The Kier molecular flexibility index (Phi) is 7.13. The SMILES string of the molecule is CCC(=O)N(C)c1ccc(-c2ccc(C(=O)CCc3ccc(Cl)nc3)c(F)c2)cc1F. The van der Waals surface area contributed by atoms with Gasteiger partial charge in [-0.1, -0.05) is 36.7 Å². The summed E-state index contributed by atoms with van der Waals surface area (Å²) in [6, 6.07) is 12.0. The van der Waals surface area contributed by atoms with E-state index in [4.69, 9.17) is 11.6 Å². The zero-order valence-corrected chi connectivity index (χ0v) is 17.9. The minimum Gasteiger partial charge on any atom is -0.313 e. The van der Waals surface area contributed by atoms with Gasteiger partial charge in [0.2, 0.25) is 5.91 Å². The third-order valence-corrected chi connectivity index (χ3v) is 5.24. The van der Waals surface area contributed by atoms with E-state index in [1.807, 2.05) is 0 Å². The van der Waals surface area contributed by atoms with Crippen LogP contribution in [0, 0.1) is 11.6 Å². The Morgan fingerprint density at radius 2 is 1.68 bits per heavy atom. The average molecular weight is 443 g/mol. The zero-order valence-electron chi connectivity index (χ0n) is 17.2. The van der Waals surface area contributed by atoms with Crippen LogP contribution in [-0.2, 0) is 11.2 Å². The number of amides is 1. The van der Waals surface area contributed by atoms with Gasteiger partial charge in [0.1, 0.15) is 16.8 Å². The molecule has 4 nitrogen and oxygen atoms in total. The van der Waals surface area contributed by atoms with E-state index in [-0.39, 0.29) is 35.8 Å². The molecule has 0 aliphatic rings. The van der Waals surface area contributed by atoms with E-state index in [0.29, 0.717) is 22.7 Å². The minimum absolute atomic E-state index is 0.0176. The Labute approximate surface area is 184 Å². The van der Waals surface area contributed by atoms with Crippen LogP contribution in [0.3, 0.4) is 0 Å². The molecule has 1 amide bonds. The van der Waals surface area contributed by atoms with E-state index in [1.54, 1.807) is 37.4 Å². The van der Waals surface area contributed by atoms with Crippen LogP contribution >= 0.6 is 11.6 Å². The van der Waals surface area contributed by atoms with Crippen LogP contribution in [0.4, 0.5) is 14.5 Å². The molecule has 0 aliphatic carbocycles. The summed E-state index contributed by atoms with van der Waals surface area (Å²) in [5, 5.41) is 0.366. The summed E-state index contributed by atoms with van der Waals surface area (Å²) < 4.78 is 29.1. The molecule has 3 rings (SSSR count). The molecule has 0 N–H and O–H groups in total. The fraction of sp³-hybridized carbons (Fsp3) is 0.208. The Bertz CT molecular complexity index is 1120. The lowest BCUT2D eigenvalue weighted by atomic mass is 9.99. The van der Waals surface area contributed by atoms with Crippen molar-refractivity contribution in [1.29, 1.82) is 0 Å². The average Bonchev–Trinajstić information content (AvgIpc) is 2.77. The van der Waals surface area contributed by atoms with Crippen molar-refractivity contribution in [3.8, 4) is 11.1 Å². The van der Waals surface area contributed by atoms with E-state index in [1.165, 1.54) is 36.2 Å². The highest BCUT2D eigenvalue weighted by atomic mass is 35.5. The maximum atomic E-state index is 14.6. The van der Waals surface area contributed by atoms with Gasteiger partial charge in [0.25, 0.3) is 0 Å². The van der Waals surface area contributed by atoms with Crippen LogP contribution in [0.5, 0.6) is 0 Å². The molecule has 0 fully saturated rings. The van der Waals surface area contributed by atoms with Crippen molar-refractivity contribution in [1.82, 2.24) is 4.98 Å². The number of ketones is 1. The minimum atomic E-state index is -0.667. The molecule has 1 heterocycles. The molecule has 0 spiro atoms. The number of carbonyl (C=O) groups excluding carboxylic acids is 2. The number of hydrogen-bond donors (Lipinski definition) is 0. The Morgan fingerprint density at radius 1 is 1.00 bits per heavy atom. The zero-order chi connectivity index (χ0) is 22.5. The number of hydrogen-bond acceptors (Lipinski definition) is 3. The van der Waals surface area contributed by atoms with E-state index in [9.17, 15) is 18.4 Å². The molecular weight excluding hydrogens is 422 g/mol. The van der Waals surface area contributed by atoms with Crippen molar-refractivity contribution in [2.45, 2.75) is 26.2 Å². The Morgan fingerprint density at radius 3 is 2.26 bits per heavy atom. The van der Waals surface area contributed by atoms with Gasteiger partial charge in [-0.2, -0.15) is 0 Å². The molecule has 0 saturated carbocycles. The lowest BCUT2D eigenvalue weighted by Gasteiger charge is -2.18. The van der Waals surface area contributed by atoms with Gasteiger partial charge < -0.3 is 4.90 Å². The highest BCUT2D eigenvalue weighted by molar-refractivity contribution is 6.29. The second-order valence-electron chi connectivity index (χ2n) is 7.08. The van der Waals surface area contributed by atoms with Crippen LogP contribution in [0.2, 0.25) is 5.15 Å². The first-order valence-corrected chi connectivity index (χ1v) is 10.2. The lowest BCUT2D eigenvalue weighted by molar-refractivity contribution is -0.118. The van der Waals surface area contributed by atoms with Crippen molar-refractivity contribution < 1.29 is 18.4 Å². The standard InChI is InChI=1S/C24H21ClF2N2O2/c1-3-24(31)29(2)21-9-7-17(13-20(21)27)16-6-8-18(19(26)12-16)22(30)10-4-15-5-11-23(25)28-14-15/h5-9,11-14H,3-4,10H2,1-2H3. The first-order chi connectivity index (χ1) is 14.8. The summed E-state index contributed by atoms with van der Waals surface area (Å²) >= 11 is 5.74. The highest BCUT2D eigenvalue weighted by Crippen LogP contribution is 2.28. The summed E-state index contributed by atoms with van der Waals surface area (Å²) in [7, 11) is 1.50. The van der Waals surface area contributed by atoms with Crippen LogP contribution in [0.25, 0.3) is 11.1 Å². The topological polar surface area (TPSA) is 50.3 Å². The molecule has 3 aromatic rings. The lowest BCUT2D eigenvalue weighted by Crippen LogP contribution is -2.25. The quantitative estimate of drug-likeness (QED) is 0.339. The summed E-state index contributed by atoms with van der Waals surface area (Å²) in [5.74, 6) is -1.80. The monoisotopic (exact) mass is 442 g/mol. The predicted octanol–water partition coefficient (Wildman–Crippen LogP) is 5.87. The molecular formula is C24H21ClF2N2O2. The molecule has 0 atom stereocenters. The number of halogens is 3. The largest absolute Gasteiger partial charge is 0.313 e. The first-order valence-electron chi connectivity index (χ1n) is 9.79. The number of carbonyl (C=O) groups is 2. The second kappa shape index (κ2) is 9.79. The number of benzene rings is 2. The number of aryl methyl sites for hydroxylation is 1. The molecule has 0 bridgehead atoms. The number of aromatic nitrogens is 1. The van der Waals surface area contributed by atoms with Crippen LogP contribution in [-0.4, -0.2) is 23.7 Å². The van der Waals surface area contributed by atoms with E-state index < -0.39 is 11.6 Å². The number of nitrogens with zero attached hydrogens (tertiary/aromatic N) is 2. The van der Waals surface area contributed by atoms with Gasteiger partial charge in [-0.05, 0) is 53.4 Å². The first kappa shape index (κ1) is 22.6.